The van der Waals surface area contributed by atoms with E-state index in [-0.39, 0.29) is 24.0 Å². The molecule has 0 atom stereocenters. The number of aryl methyl sites for hydroxylation is 1. The van der Waals surface area contributed by atoms with Gasteiger partial charge in [0.15, 0.2) is 5.69 Å². The summed E-state index contributed by atoms with van der Waals surface area (Å²) in [4.78, 5) is 0. The van der Waals surface area contributed by atoms with Crippen molar-refractivity contribution in [3.63, 3.8) is 0 Å². The van der Waals surface area contributed by atoms with Gasteiger partial charge in [0.2, 0.25) is 0 Å². The maximum Gasteiger partial charge on any atom is 0.286 e. The normalized spacial score (nSPS) is 10.2. The van der Waals surface area contributed by atoms with Crippen molar-refractivity contribution >= 4 is 5.65 Å². The number of ether oxygens (including phenoxy) is 1. The van der Waals surface area contributed by atoms with Gasteiger partial charge in [-0.05, 0) is 30.3 Å². The van der Waals surface area contributed by atoms with Crippen LogP contribution in [-0.2, 0) is 7.05 Å². The number of hydrogen-bond acceptors (Lipinski definition) is 1. The van der Waals surface area contributed by atoms with E-state index in [2.05, 4.69) is 46.6 Å². The fourth-order valence-electron chi connectivity index (χ4n) is 2.21. The summed E-state index contributed by atoms with van der Waals surface area (Å²) in [7, 11) is 3.76. The molecule has 0 aliphatic heterocycles. The molecular weight excluding hydrogens is 351 g/mol. The fourth-order valence-corrected chi connectivity index (χ4v) is 2.21. The molecule has 2 heterocycles. The Morgan fingerprint density at radius 3 is 2.42 bits per heavy atom. The highest BCUT2D eigenvalue weighted by molar-refractivity contribution is 5.62. The van der Waals surface area contributed by atoms with Crippen molar-refractivity contribution < 1.29 is 33.1 Å². The standard InChI is InChI=1S/C15H15N2O.HI/c1-16-14(11-17-10-4-3-5-15(16)17)12-6-8-13(18-2)9-7-12;/h3-11H,1-2H3;1H/q+1;/p-1. The lowest BCUT2D eigenvalue weighted by molar-refractivity contribution is -0.510. The summed E-state index contributed by atoms with van der Waals surface area (Å²) < 4.78 is 9.49. The molecule has 3 nitrogen and oxygen atoms in total. The highest BCUT2D eigenvalue weighted by Crippen LogP contribution is 2.22. The zero-order chi connectivity index (χ0) is 12.5. The minimum Gasteiger partial charge on any atom is -1.00 e. The number of aromatic nitrogens is 2. The third kappa shape index (κ3) is 2.45. The van der Waals surface area contributed by atoms with Gasteiger partial charge in [0, 0.05) is 11.6 Å². The lowest BCUT2D eigenvalue weighted by atomic mass is 10.1. The van der Waals surface area contributed by atoms with Crippen LogP contribution in [-0.4, -0.2) is 11.7 Å². The molecule has 0 spiro atoms. The molecule has 19 heavy (non-hydrogen) atoms. The van der Waals surface area contributed by atoms with Gasteiger partial charge in [0.05, 0.1) is 20.4 Å². The van der Waals surface area contributed by atoms with Crippen molar-refractivity contribution in [2.75, 3.05) is 7.11 Å². The Balaban J connectivity index is 0.00000133. The largest absolute Gasteiger partial charge is 1.00 e. The van der Waals surface area contributed by atoms with E-state index in [1.54, 1.807) is 7.11 Å². The first kappa shape index (κ1) is 13.9. The van der Waals surface area contributed by atoms with Crippen LogP contribution < -0.4 is 33.1 Å². The van der Waals surface area contributed by atoms with E-state index in [1.165, 1.54) is 16.9 Å². The van der Waals surface area contributed by atoms with Crippen LogP contribution in [0.3, 0.4) is 0 Å². The molecule has 1 aromatic carbocycles. The maximum atomic E-state index is 5.18. The number of imidazole rings is 1. The van der Waals surface area contributed by atoms with Crippen LogP contribution in [0, 0.1) is 0 Å². The van der Waals surface area contributed by atoms with Gasteiger partial charge in [-0.25, -0.2) is 8.97 Å². The Morgan fingerprint density at radius 2 is 1.79 bits per heavy atom. The molecule has 0 aliphatic rings. The van der Waals surface area contributed by atoms with E-state index < -0.39 is 0 Å². The molecule has 98 valence electrons. The van der Waals surface area contributed by atoms with Crippen LogP contribution in [0.5, 0.6) is 5.75 Å². The second-order valence-corrected chi connectivity index (χ2v) is 4.27. The van der Waals surface area contributed by atoms with Crippen molar-refractivity contribution in [3.05, 3.63) is 54.9 Å². The zero-order valence-corrected chi connectivity index (χ0v) is 13.0. The first-order chi connectivity index (χ1) is 8.79. The van der Waals surface area contributed by atoms with Gasteiger partial charge in [0.1, 0.15) is 11.9 Å². The van der Waals surface area contributed by atoms with Gasteiger partial charge in [0.25, 0.3) is 5.65 Å². The van der Waals surface area contributed by atoms with Gasteiger partial charge in [-0.3, -0.25) is 0 Å². The lowest BCUT2D eigenvalue weighted by Gasteiger charge is -2.00. The number of fused-ring (bicyclic) bond motifs is 1. The average Bonchev–Trinajstić information content (AvgIpc) is 2.77. The van der Waals surface area contributed by atoms with Crippen LogP contribution >= 0.6 is 0 Å². The summed E-state index contributed by atoms with van der Waals surface area (Å²) in [6.07, 6.45) is 4.19. The number of pyridine rings is 1. The summed E-state index contributed by atoms with van der Waals surface area (Å²) in [5.74, 6) is 0.880. The highest BCUT2D eigenvalue weighted by Gasteiger charge is 2.14. The van der Waals surface area contributed by atoms with Crippen molar-refractivity contribution in [1.29, 1.82) is 0 Å². The smallest absolute Gasteiger partial charge is 0.286 e. The maximum absolute atomic E-state index is 5.18. The second-order valence-electron chi connectivity index (χ2n) is 4.27. The topological polar surface area (TPSA) is 18.3 Å². The zero-order valence-electron chi connectivity index (χ0n) is 10.9. The van der Waals surface area contributed by atoms with Crippen molar-refractivity contribution in [2.45, 2.75) is 0 Å². The van der Waals surface area contributed by atoms with Crippen molar-refractivity contribution in [1.82, 2.24) is 4.57 Å². The molecule has 0 saturated heterocycles. The molecule has 0 N–H and O–H groups in total. The lowest BCUT2D eigenvalue weighted by Crippen LogP contribution is -3.00. The summed E-state index contributed by atoms with van der Waals surface area (Å²) in [6.45, 7) is 0. The third-order valence-electron chi connectivity index (χ3n) is 3.22. The van der Waals surface area contributed by atoms with Crippen LogP contribution in [0.2, 0.25) is 0 Å². The Kier molecular flexibility index (Phi) is 4.09. The molecule has 0 amide bonds. The molecule has 4 heteroatoms. The number of benzene rings is 1. The molecule has 3 rings (SSSR count). The SMILES string of the molecule is COc1ccc(-c2c[n+]3ccccc3n2C)cc1.[I-]. The minimum absolute atomic E-state index is 0. The molecule has 0 aliphatic carbocycles. The average molecular weight is 366 g/mol. The summed E-state index contributed by atoms with van der Waals surface area (Å²) in [5.41, 5.74) is 3.54. The Morgan fingerprint density at radius 1 is 1.05 bits per heavy atom. The number of halogens is 1. The Bertz CT molecular complexity index is 689. The number of rotatable bonds is 2. The summed E-state index contributed by atoms with van der Waals surface area (Å²) in [6, 6.07) is 14.3. The quantitative estimate of drug-likeness (QED) is 0.440. The predicted molar refractivity (Wildman–Crippen MR) is 70.6 cm³/mol. The number of hydrogen-bond donors (Lipinski definition) is 0. The van der Waals surface area contributed by atoms with E-state index in [0.717, 1.165) is 5.75 Å². The van der Waals surface area contributed by atoms with Crippen LogP contribution in [0.1, 0.15) is 0 Å². The van der Waals surface area contributed by atoms with E-state index in [9.17, 15) is 0 Å². The molecule has 0 fully saturated rings. The predicted octanol–water partition coefficient (Wildman–Crippen LogP) is -0.557. The van der Waals surface area contributed by atoms with Crippen molar-refractivity contribution in [2.24, 2.45) is 7.05 Å². The molecule has 0 radical (unpaired) electrons. The minimum atomic E-state index is 0. The van der Waals surface area contributed by atoms with Crippen molar-refractivity contribution in [3.8, 4) is 17.0 Å². The molecule has 0 saturated carbocycles. The van der Waals surface area contributed by atoms with Gasteiger partial charge < -0.3 is 28.7 Å². The first-order valence-corrected chi connectivity index (χ1v) is 5.90. The third-order valence-corrected chi connectivity index (χ3v) is 3.22. The van der Waals surface area contributed by atoms with E-state index >= 15 is 0 Å². The number of nitrogens with zero attached hydrogens (tertiary/aromatic N) is 2. The van der Waals surface area contributed by atoms with Gasteiger partial charge in [-0.15, -0.1) is 0 Å². The van der Waals surface area contributed by atoms with Gasteiger partial charge in [-0.1, -0.05) is 6.07 Å². The Labute approximate surface area is 129 Å². The van der Waals surface area contributed by atoms with Crippen LogP contribution in [0.15, 0.2) is 54.9 Å². The number of methoxy groups -OCH3 is 1. The molecule has 0 bridgehead atoms. The first-order valence-electron chi connectivity index (χ1n) is 5.90. The van der Waals surface area contributed by atoms with Crippen LogP contribution in [0.25, 0.3) is 16.9 Å². The fraction of sp³-hybridized carbons (Fsp3) is 0.133. The highest BCUT2D eigenvalue weighted by atomic mass is 127. The monoisotopic (exact) mass is 366 g/mol. The van der Waals surface area contributed by atoms with Gasteiger partial charge in [-0.2, -0.15) is 0 Å². The van der Waals surface area contributed by atoms with E-state index in [0.29, 0.717) is 0 Å². The van der Waals surface area contributed by atoms with Gasteiger partial charge >= 0.3 is 0 Å². The van der Waals surface area contributed by atoms with Crippen LogP contribution in [0.4, 0.5) is 0 Å². The molecular formula is C15H15IN2O. The summed E-state index contributed by atoms with van der Waals surface area (Å²) >= 11 is 0. The molecule has 0 unspecified atom stereocenters. The molecule has 3 aromatic rings. The summed E-state index contributed by atoms with van der Waals surface area (Å²) in [5, 5.41) is 0. The van der Waals surface area contributed by atoms with E-state index in [1.807, 2.05) is 24.3 Å². The second kappa shape index (κ2) is 5.61. The van der Waals surface area contributed by atoms with E-state index in [4.69, 9.17) is 4.74 Å². The molecule has 2 aromatic heterocycles. The Hall–Kier alpha value is -1.56.